The summed E-state index contributed by atoms with van der Waals surface area (Å²) < 4.78 is 0. The summed E-state index contributed by atoms with van der Waals surface area (Å²) in [6.07, 6.45) is 3.14. The minimum absolute atomic E-state index is 0.155. The summed E-state index contributed by atoms with van der Waals surface area (Å²) in [5.41, 5.74) is 7.01. The number of pyridine rings is 1. The van der Waals surface area contributed by atoms with Crippen LogP contribution in [0.15, 0.2) is 40.5 Å². The van der Waals surface area contributed by atoms with Crippen molar-refractivity contribution in [3.63, 3.8) is 0 Å². The lowest BCUT2D eigenvalue weighted by Gasteiger charge is -2.00. The number of aromatic nitrogens is 3. The van der Waals surface area contributed by atoms with Gasteiger partial charge in [-0.25, -0.2) is 4.98 Å². The molecular formula is C10H10N4OS. The van der Waals surface area contributed by atoms with Crippen LogP contribution in [-0.4, -0.2) is 15.0 Å². The molecule has 0 aliphatic carbocycles. The number of rotatable bonds is 3. The zero-order chi connectivity index (χ0) is 11.4. The van der Waals surface area contributed by atoms with E-state index in [9.17, 15) is 4.79 Å². The lowest BCUT2D eigenvalue weighted by molar-refractivity contribution is 0.935. The second kappa shape index (κ2) is 4.80. The third-order valence-corrected chi connectivity index (χ3v) is 2.77. The molecule has 0 fully saturated rings. The zero-order valence-electron chi connectivity index (χ0n) is 8.38. The summed E-state index contributed by atoms with van der Waals surface area (Å²) in [6.45, 7) is 0. The van der Waals surface area contributed by atoms with Crippen LogP contribution in [0, 0.1) is 0 Å². The van der Waals surface area contributed by atoms with Crippen LogP contribution >= 0.6 is 11.8 Å². The number of nitrogen functional groups attached to an aromatic ring is 1. The summed E-state index contributed by atoms with van der Waals surface area (Å²) in [4.78, 5) is 21.8. The number of H-pyrrole nitrogens is 1. The molecule has 6 heteroatoms. The van der Waals surface area contributed by atoms with Crippen molar-refractivity contribution in [3.8, 4) is 0 Å². The normalized spacial score (nSPS) is 10.2. The molecule has 0 aromatic carbocycles. The second-order valence-corrected chi connectivity index (χ2v) is 4.07. The Morgan fingerprint density at radius 3 is 2.88 bits per heavy atom. The van der Waals surface area contributed by atoms with Gasteiger partial charge in [-0.05, 0) is 12.1 Å². The highest BCUT2D eigenvalue weighted by molar-refractivity contribution is 7.98. The first-order valence-electron chi connectivity index (χ1n) is 4.62. The van der Waals surface area contributed by atoms with E-state index in [1.165, 1.54) is 24.0 Å². The summed E-state index contributed by atoms with van der Waals surface area (Å²) in [7, 11) is 0. The van der Waals surface area contributed by atoms with Crippen molar-refractivity contribution >= 4 is 17.4 Å². The molecule has 0 bridgehead atoms. The Bertz CT molecular complexity index is 540. The van der Waals surface area contributed by atoms with Crippen molar-refractivity contribution in [3.05, 3.63) is 46.6 Å². The largest absolute Gasteiger partial charge is 0.399 e. The monoisotopic (exact) mass is 234 g/mol. The summed E-state index contributed by atoms with van der Waals surface area (Å²) in [5.74, 6) is 0.623. The standard InChI is InChI=1S/C10H10N4OS/c11-7-1-3-12-8(5-7)6-16-10-13-4-2-9(15)14-10/h1-5H,6H2,(H2,11,12)(H,13,14,15). The van der Waals surface area contributed by atoms with E-state index >= 15 is 0 Å². The number of nitrogens with zero attached hydrogens (tertiary/aromatic N) is 2. The number of hydrogen-bond acceptors (Lipinski definition) is 5. The molecule has 0 aliphatic heterocycles. The molecule has 0 saturated heterocycles. The minimum Gasteiger partial charge on any atom is -0.399 e. The fourth-order valence-corrected chi connectivity index (χ4v) is 1.89. The van der Waals surface area contributed by atoms with E-state index < -0.39 is 0 Å². The number of nitrogens with two attached hydrogens (primary N) is 1. The molecule has 5 nitrogen and oxygen atoms in total. The molecule has 0 radical (unpaired) electrons. The van der Waals surface area contributed by atoms with Gasteiger partial charge in [0, 0.05) is 29.9 Å². The van der Waals surface area contributed by atoms with Crippen LogP contribution in [0.1, 0.15) is 5.69 Å². The maximum absolute atomic E-state index is 11.0. The first-order chi connectivity index (χ1) is 7.74. The third kappa shape index (κ3) is 2.83. The lowest BCUT2D eigenvalue weighted by atomic mass is 10.3. The van der Waals surface area contributed by atoms with E-state index in [4.69, 9.17) is 5.73 Å². The summed E-state index contributed by atoms with van der Waals surface area (Å²) >= 11 is 1.41. The fourth-order valence-electron chi connectivity index (χ4n) is 1.14. The van der Waals surface area contributed by atoms with E-state index in [-0.39, 0.29) is 5.56 Å². The zero-order valence-corrected chi connectivity index (χ0v) is 9.20. The van der Waals surface area contributed by atoms with Gasteiger partial charge in [0.1, 0.15) is 0 Å². The van der Waals surface area contributed by atoms with Crippen molar-refractivity contribution in [2.45, 2.75) is 10.9 Å². The van der Waals surface area contributed by atoms with Gasteiger partial charge in [-0.3, -0.25) is 9.78 Å². The molecule has 0 spiro atoms. The Kier molecular flexibility index (Phi) is 3.21. The van der Waals surface area contributed by atoms with Crippen LogP contribution in [-0.2, 0) is 5.75 Å². The topological polar surface area (TPSA) is 84.7 Å². The first-order valence-corrected chi connectivity index (χ1v) is 5.61. The first kappa shape index (κ1) is 10.7. The number of hydrogen-bond donors (Lipinski definition) is 2. The summed E-state index contributed by atoms with van der Waals surface area (Å²) in [6, 6.07) is 4.91. The Morgan fingerprint density at radius 1 is 1.31 bits per heavy atom. The van der Waals surface area contributed by atoms with Crippen LogP contribution in [0.25, 0.3) is 0 Å². The van der Waals surface area contributed by atoms with Crippen molar-refractivity contribution in [2.75, 3.05) is 5.73 Å². The molecule has 0 atom stereocenters. The molecule has 0 aliphatic rings. The highest BCUT2D eigenvalue weighted by atomic mass is 32.2. The van der Waals surface area contributed by atoms with Crippen molar-refractivity contribution < 1.29 is 0 Å². The van der Waals surface area contributed by atoms with Gasteiger partial charge in [0.15, 0.2) is 5.16 Å². The molecule has 16 heavy (non-hydrogen) atoms. The quantitative estimate of drug-likeness (QED) is 0.612. The third-order valence-electron chi connectivity index (χ3n) is 1.85. The molecule has 0 saturated carbocycles. The van der Waals surface area contributed by atoms with Gasteiger partial charge >= 0.3 is 0 Å². The molecule has 2 aromatic rings. The van der Waals surface area contributed by atoms with Crippen molar-refractivity contribution in [1.82, 2.24) is 15.0 Å². The van der Waals surface area contributed by atoms with E-state index in [0.29, 0.717) is 16.6 Å². The maximum atomic E-state index is 11.0. The van der Waals surface area contributed by atoms with Crippen LogP contribution < -0.4 is 11.3 Å². The fraction of sp³-hybridized carbons (Fsp3) is 0.100. The molecule has 2 heterocycles. The second-order valence-electron chi connectivity index (χ2n) is 3.11. The molecule has 2 aromatic heterocycles. The van der Waals surface area contributed by atoms with Gasteiger partial charge in [0.05, 0.1) is 5.69 Å². The maximum Gasteiger partial charge on any atom is 0.251 e. The number of nitrogens with one attached hydrogen (secondary N) is 1. The van der Waals surface area contributed by atoms with E-state index in [0.717, 1.165) is 5.69 Å². The smallest absolute Gasteiger partial charge is 0.251 e. The van der Waals surface area contributed by atoms with Crippen LogP contribution in [0.4, 0.5) is 5.69 Å². The Hall–Kier alpha value is -1.82. The van der Waals surface area contributed by atoms with E-state index in [1.807, 2.05) is 0 Å². The van der Waals surface area contributed by atoms with Gasteiger partial charge in [-0.2, -0.15) is 0 Å². The predicted octanol–water partition coefficient (Wildman–Crippen LogP) is 1.04. The van der Waals surface area contributed by atoms with Crippen LogP contribution in [0.5, 0.6) is 0 Å². The SMILES string of the molecule is Nc1ccnc(CSc2nccc(=O)[nH]2)c1. The molecule has 3 N–H and O–H groups in total. The molecule has 82 valence electrons. The molecule has 0 amide bonds. The van der Waals surface area contributed by atoms with E-state index in [2.05, 4.69) is 15.0 Å². The van der Waals surface area contributed by atoms with Crippen molar-refractivity contribution in [1.29, 1.82) is 0 Å². The average Bonchev–Trinajstić information content (AvgIpc) is 2.27. The van der Waals surface area contributed by atoms with Crippen molar-refractivity contribution in [2.24, 2.45) is 0 Å². The predicted molar refractivity (Wildman–Crippen MR) is 63.1 cm³/mol. The van der Waals surface area contributed by atoms with Gasteiger partial charge in [-0.1, -0.05) is 11.8 Å². The lowest BCUT2D eigenvalue weighted by Crippen LogP contribution is -2.05. The van der Waals surface area contributed by atoms with Gasteiger partial charge < -0.3 is 10.7 Å². The van der Waals surface area contributed by atoms with Crippen LogP contribution in [0.3, 0.4) is 0 Å². The van der Waals surface area contributed by atoms with Gasteiger partial charge in [0.2, 0.25) is 0 Å². The minimum atomic E-state index is -0.155. The Labute approximate surface area is 96.1 Å². The summed E-state index contributed by atoms with van der Waals surface area (Å²) in [5, 5.41) is 0.580. The molecule has 2 rings (SSSR count). The Morgan fingerprint density at radius 2 is 2.12 bits per heavy atom. The average molecular weight is 234 g/mol. The van der Waals surface area contributed by atoms with E-state index in [1.54, 1.807) is 18.3 Å². The van der Waals surface area contributed by atoms with Gasteiger partial charge in [-0.15, -0.1) is 0 Å². The number of anilines is 1. The molecular weight excluding hydrogens is 224 g/mol. The van der Waals surface area contributed by atoms with Crippen LogP contribution in [0.2, 0.25) is 0 Å². The Balaban J connectivity index is 2.05. The van der Waals surface area contributed by atoms with Gasteiger partial charge in [0.25, 0.3) is 5.56 Å². The number of thioether (sulfide) groups is 1. The highest BCUT2D eigenvalue weighted by Crippen LogP contribution is 2.17. The number of aromatic amines is 1. The molecule has 0 unspecified atom stereocenters. The highest BCUT2D eigenvalue weighted by Gasteiger charge is 1.99.